The topological polar surface area (TPSA) is 69.2 Å². The van der Waals surface area contributed by atoms with Crippen molar-refractivity contribution in [1.29, 1.82) is 0 Å². The van der Waals surface area contributed by atoms with Crippen LogP contribution in [0.25, 0.3) is 11.5 Å². The molecule has 3 heterocycles. The number of ether oxygens (including phenoxy) is 1. The summed E-state index contributed by atoms with van der Waals surface area (Å²) < 4.78 is 13.2. The minimum Gasteiger partial charge on any atom is -0.374 e. The Morgan fingerprint density at radius 1 is 1.28 bits per heavy atom. The summed E-state index contributed by atoms with van der Waals surface area (Å²) in [5.41, 5.74) is 2.13. The van der Waals surface area contributed by atoms with E-state index in [1.807, 2.05) is 48.1 Å². The molecule has 0 spiro atoms. The molecule has 1 saturated heterocycles. The van der Waals surface area contributed by atoms with Crippen LogP contribution in [0.1, 0.15) is 11.4 Å². The summed E-state index contributed by atoms with van der Waals surface area (Å²) in [6.45, 7) is 5.86. The van der Waals surface area contributed by atoms with Gasteiger partial charge in [0, 0.05) is 31.0 Å². The fraction of sp³-hybridized carbons (Fsp3) is 0.389. The highest BCUT2D eigenvalue weighted by molar-refractivity contribution is 5.53. The van der Waals surface area contributed by atoms with Crippen LogP contribution < -0.4 is 0 Å². The van der Waals surface area contributed by atoms with E-state index in [1.54, 1.807) is 6.20 Å². The number of hydrogen-bond donors (Lipinski definition) is 0. The maximum atomic E-state index is 5.84. The fourth-order valence-corrected chi connectivity index (χ4v) is 3.07. The average Bonchev–Trinajstić information content (AvgIpc) is 3.27. The summed E-state index contributed by atoms with van der Waals surface area (Å²) in [4.78, 5) is 6.83. The molecule has 0 aliphatic carbocycles. The molecular weight excluding hydrogens is 318 g/mol. The summed E-state index contributed by atoms with van der Waals surface area (Å²) in [5, 5.41) is 8.37. The summed E-state index contributed by atoms with van der Waals surface area (Å²) in [6.07, 6.45) is 3.86. The van der Waals surface area contributed by atoms with E-state index in [0.717, 1.165) is 25.2 Å². The van der Waals surface area contributed by atoms with Crippen molar-refractivity contribution in [3.63, 3.8) is 0 Å². The molecule has 1 aliphatic heterocycles. The molecular formula is C18H21N5O2. The highest BCUT2D eigenvalue weighted by Gasteiger charge is 2.22. The number of hydrogen-bond acceptors (Lipinski definition) is 6. The van der Waals surface area contributed by atoms with Gasteiger partial charge in [0.1, 0.15) is 0 Å². The van der Waals surface area contributed by atoms with Crippen LogP contribution in [0.15, 0.2) is 47.2 Å². The Hall–Kier alpha value is -2.51. The van der Waals surface area contributed by atoms with Crippen molar-refractivity contribution in [2.45, 2.75) is 26.1 Å². The van der Waals surface area contributed by atoms with Crippen molar-refractivity contribution >= 4 is 0 Å². The number of rotatable bonds is 5. The van der Waals surface area contributed by atoms with Gasteiger partial charge in [-0.2, -0.15) is 10.1 Å². The van der Waals surface area contributed by atoms with Gasteiger partial charge in [-0.1, -0.05) is 22.9 Å². The van der Waals surface area contributed by atoms with Crippen LogP contribution in [0, 0.1) is 6.92 Å². The zero-order chi connectivity index (χ0) is 17.1. The molecule has 1 aliphatic rings. The first-order valence-corrected chi connectivity index (χ1v) is 8.47. The Kier molecular flexibility index (Phi) is 4.58. The van der Waals surface area contributed by atoms with Gasteiger partial charge in [-0.15, -0.1) is 0 Å². The fourth-order valence-electron chi connectivity index (χ4n) is 3.07. The van der Waals surface area contributed by atoms with Crippen molar-refractivity contribution in [3.05, 3.63) is 54.1 Å². The second-order valence-electron chi connectivity index (χ2n) is 6.34. The van der Waals surface area contributed by atoms with Gasteiger partial charge in [-0.25, -0.2) is 0 Å². The second kappa shape index (κ2) is 7.16. The average molecular weight is 339 g/mol. The Bertz CT molecular complexity index is 815. The van der Waals surface area contributed by atoms with Crippen LogP contribution in [0.4, 0.5) is 0 Å². The number of benzene rings is 1. The molecule has 0 unspecified atom stereocenters. The highest BCUT2D eigenvalue weighted by atomic mass is 16.5. The van der Waals surface area contributed by atoms with Crippen LogP contribution in [0.2, 0.25) is 0 Å². The number of aromatic nitrogens is 4. The molecule has 25 heavy (non-hydrogen) atoms. The molecule has 1 atom stereocenters. The lowest BCUT2D eigenvalue weighted by Gasteiger charge is -2.31. The molecule has 1 fully saturated rings. The highest BCUT2D eigenvalue weighted by Crippen LogP contribution is 2.19. The minimum absolute atomic E-state index is 0.122. The first kappa shape index (κ1) is 16.0. The van der Waals surface area contributed by atoms with Crippen molar-refractivity contribution in [2.75, 3.05) is 19.7 Å². The van der Waals surface area contributed by atoms with E-state index in [4.69, 9.17) is 9.26 Å². The minimum atomic E-state index is 0.122. The molecule has 4 rings (SSSR count). The molecule has 0 radical (unpaired) electrons. The normalized spacial score (nSPS) is 18.5. The van der Waals surface area contributed by atoms with Crippen LogP contribution in [-0.4, -0.2) is 50.6 Å². The van der Waals surface area contributed by atoms with Crippen molar-refractivity contribution in [3.8, 4) is 11.5 Å². The number of aryl methyl sites for hydroxylation is 1. The van der Waals surface area contributed by atoms with Gasteiger partial charge < -0.3 is 9.26 Å². The Morgan fingerprint density at radius 3 is 3.08 bits per heavy atom. The Morgan fingerprint density at radius 2 is 2.24 bits per heavy atom. The van der Waals surface area contributed by atoms with E-state index in [-0.39, 0.29) is 6.10 Å². The third-order valence-corrected chi connectivity index (χ3v) is 4.27. The zero-order valence-corrected chi connectivity index (χ0v) is 14.2. The van der Waals surface area contributed by atoms with Gasteiger partial charge in [0.25, 0.3) is 5.89 Å². The van der Waals surface area contributed by atoms with Gasteiger partial charge >= 0.3 is 0 Å². The van der Waals surface area contributed by atoms with E-state index in [0.29, 0.717) is 24.9 Å². The number of nitrogens with zero attached hydrogens (tertiary/aromatic N) is 5. The first-order chi connectivity index (χ1) is 12.3. The SMILES string of the molecule is Cc1cccc(-c2nc(CN3CCO[C@H](Cn4cccn4)C3)no2)c1. The van der Waals surface area contributed by atoms with E-state index in [9.17, 15) is 0 Å². The van der Waals surface area contributed by atoms with E-state index in [2.05, 4.69) is 20.1 Å². The molecule has 7 heteroatoms. The standard InChI is InChI=1S/C18H21N5O2/c1-14-4-2-5-15(10-14)18-20-17(21-25-18)13-22-8-9-24-16(11-22)12-23-7-3-6-19-23/h2-7,10,16H,8-9,11-13H2,1H3/t16-/m0/s1. The van der Waals surface area contributed by atoms with Gasteiger partial charge in [-0.05, 0) is 25.1 Å². The second-order valence-corrected chi connectivity index (χ2v) is 6.34. The molecule has 130 valence electrons. The molecule has 0 bridgehead atoms. The van der Waals surface area contributed by atoms with Crippen LogP contribution in [0.3, 0.4) is 0 Å². The van der Waals surface area contributed by atoms with Gasteiger partial charge in [-0.3, -0.25) is 9.58 Å². The smallest absolute Gasteiger partial charge is 0.257 e. The van der Waals surface area contributed by atoms with Crippen molar-refractivity contribution in [1.82, 2.24) is 24.8 Å². The number of morpholine rings is 1. The van der Waals surface area contributed by atoms with Crippen molar-refractivity contribution < 1.29 is 9.26 Å². The predicted molar refractivity (Wildman–Crippen MR) is 91.7 cm³/mol. The molecule has 3 aromatic rings. The lowest BCUT2D eigenvalue weighted by Crippen LogP contribution is -2.43. The van der Waals surface area contributed by atoms with Crippen molar-refractivity contribution in [2.24, 2.45) is 0 Å². The van der Waals surface area contributed by atoms with E-state index < -0.39 is 0 Å². The maximum Gasteiger partial charge on any atom is 0.257 e. The molecule has 2 aromatic heterocycles. The lowest BCUT2D eigenvalue weighted by atomic mass is 10.1. The molecule has 1 aromatic carbocycles. The quantitative estimate of drug-likeness (QED) is 0.709. The third-order valence-electron chi connectivity index (χ3n) is 4.27. The summed E-state index contributed by atoms with van der Waals surface area (Å²) in [7, 11) is 0. The zero-order valence-electron chi connectivity index (χ0n) is 14.2. The predicted octanol–water partition coefficient (Wildman–Crippen LogP) is 2.14. The Balaban J connectivity index is 1.38. The molecule has 0 N–H and O–H groups in total. The first-order valence-electron chi connectivity index (χ1n) is 8.47. The van der Waals surface area contributed by atoms with Crippen LogP contribution in [0.5, 0.6) is 0 Å². The van der Waals surface area contributed by atoms with Gasteiger partial charge in [0.2, 0.25) is 0 Å². The summed E-state index contributed by atoms with van der Waals surface area (Å²) in [5.74, 6) is 1.27. The van der Waals surface area contributed by atoms with E-state index in [1.165, 1.54) is 5.56 Å². The van der Waals surface area contributed by atoms with E-state index >= 15 is 0 Å². The lowest BCUT2D eigenvalue weighted by molar-refractivity contribution is -0.0410. The summed E-state index contributed by atoms with van der Waals surface area (Å²) in [6, 6.07) is 10.0. The third kappa shape index (κ3) is 3.94. The molecule has 7 nitrogen and oxygen atoms in total. The Labute approximate surface area is 146 Å². The summed E-state index contributed by atoms with van der Waals surface area (Å²) >= 11 is 0. The van der Waals surface area contributed by atoms with Crippen LogP contribution >= 0.6 is 0 Å². The molecule has 0 amide bonds. The maximum absolute atomic E-state index is 5.84. The molecule has 0 saturated carbocycles. The van der Waals surface area contributed by atoms with Gasteiger partial charge in [0.05, 0.1) is 25.8 Å². The largest absolute Gasteiger partial charge is 0.374 e. The van der Waals surface area contributed by atoms with Gasteiger partial charge in [0.15, 0.2) is 5.82 Å². The van der Waals surface area contributed by atoms with Crippen LogP contribution in [-0.2, 0) is 17.8 Å². The monoisotopic (exact) mass is 339 g/mol.